The van der Waals surface area contributed by atoms with Gasteiger partial charge in [-0.15, -0.1) is 0 Å². The van der Waals surface area contributed by atoms with Gasteiger partial charge in [0.1, 0.15) is 11.5 Å². The summed E-state index contributed by atoms with van der Waals surface area (Å²) < 4.78 is 0. The van der Waals surface area contributed by atoms with Crippen LogP contribution in [0.2, 0.25) is 0 Å². The van der Waals surface area contributed by atoms with E-state index in [0.29, 0.717) is 30.9 Å². The molecule has 1 spiro atoms. The Hall–Kier alpha value is -4.06. The third-order valence-corrected chi connectivity index (χ3v) is 6.99. The molecule has 2 amide bonds. The van der Waals surface area contributed by atoms with E-state index in [1.807, 2.05) is 42.5 Å². The van der Waals surface area contributed by atoms with Gasteiger partial charge in [-0.05, 0) is 66.6 Å². The highest BCUT2D eigenvalue weighted by molar-refractivity contribution is 6.06. The Balaban J connectivity index is 1.19. The standard InChI is InChI=1S/C28H24N4O2/c33-26(30-13-4-8-18-6-2-1-3-7-18)23-11-10-19-14-20-16-28(17-21(20)15-24(19)31-23)22-9-5-12-29-25(22)32-27(28)34/h1-3,5-7,9-12,14-15H,4,8,13,16-17H2,(H,30,33)(H,29,32,34). The Morgan fingerprint density at radius 3 is 2.68 bits per heavy atom. The molecule has 2 aromatic carbocycles. The average molecular weight is 449 g/mol. The van der Waals surface area contributed by atoms with Crippen LogP contribution in [0.5, 0.6) is 0 Å². The second kappa shape index (κ2) is 8.06. The number of nitrogens with zero attached hydrogens (tertiary/aromatic N) is 2. The normalized spacial score (nSPS) is 18.1. The second-order valence-electron chi connectivity index (χ2n) is 9.14. The van der Waals surface area contributed by atoms with E-state index in [2.05, 4.69) is 38.8 Å². The molecule has 0 radical (unpaired) electrons. The predicted octanol–water partition coefficient (Wildman–Crippen LogP) is 3.98. The molecule has 6 heteroatoms. The van der Waals surface area contributed by atoms with Crippen molar-refractivity contribution in [1.82, 2.24) is 15.3 Å². The molecule has 1 aliphatic carbocycles. The fourth-order valence-corrected chi connectivity index (χ4v) is 5.25. The van der Waals surface area contributed by atoms with Crippen LogP contribution >= 0.6 is 0 Å². The quantitative estimate of drug-likeness (QED) is 0.453. The Bertz CT molecular complexity index is 1430. The zero-order valence-electron chi connectivity index (χ0n) is 18.7. The molecule has 168 valence electrons. The summed E-state index contributed by atoms with van der Waals surface area (Å²) in [5, 5.41) is 6.90. The Morgan fingerprint density at radius 2 is 1.82 bits per heavy atom. The summed E-state index contributed by atoms with van der Waals surface area (Å²) >= 11 is 0. The Morgan fingerprint density at radius 1 is 1.00 bits per heavy atom. The van der Waals surface area contributed by atoms with Crippen molar-refractivity contribution in [2.24, 2.45) is 0 Å². The SMILES string of the molecule is O=C(NCCCc1ccccc1)c1ccc2cc3c(cc2n1)CC1(C3)C(=O)Nc2ncccc21. The number of nitrogens with one attached hydrogen (secondary N) is 2. The maximum absolute atomic E-state index is 13.0. The van der Waals surface area contributed by atoms with Crippen LogP contribution in [-0.4, -0.2) is 28.3 Å². The molecule has 2 aromatic heterocycles. The number of aryl methyl sites for hydroxylation is 1. The molecule has 2 aliphatic rings. The predicted molar refractivity (Wildman–Crippen MR) is 131 cm³/mol. The Kier molecular flexibility index (Phi) is 4.87. The zero-order valence-corrected chi connectivity index (χ0v) is 18.7. The monoisotopic (exact) mass is 448 g/mol. The van der Waals surface area contributed by atoms with Gasteiger partial charge in [0.05, 0.1) is 10.9 Å². The van der Waals surface area contributed by atoms with Crippen LogP contribution in [0.1, 0.15) is 39.2 Å². The first-order valence-electron chi connectivity index (χ1n) is 11.6. The first kappa shape index (κ1) is 20.5. The molecule has 34 heavy (non-hydrogen) atoms. The molecule has 6 rings (SSSR count). The van der Waals surface area contributed by atoms with Crippen molar-refractivity contribution in [3.05, 3.63) is 101 Å². The number of aromatic nitrogens is 2. The highest BCUT2D eigenvalue weighted by Crippen LogP contribution is 2.47. The molecule has 1 atom stereocenters. The van der Waals surface area contributed by atoms with Crippen molar-refractivity contribution in [3.63, 3.8) is 0 Å². The summed E-state index contributed by atoms with van der Waals surface area (Å²) in [6.07, 6.45) is 4.75. The first-order chi connectivity index (χ1) is 16.6. The highest BCUT2D eigenvalue weighted by Gasteiger charge is 2.51. The lowest BCUT2D eigenvalue weighted by Gasteiger charge is -2.20. The zero-order chi connectivity index (χ0) is 23.1. The van der Waals surface area contributed by atoms with Gasteiger partial charge in [0.15, 0.2) is 0 Å². The molecule has 4 aromatic rings. The number of carbonyl (C=O) groups excluding carboxylic acids is 2. The van der Waals surface area contributed by atoms with Gasteiger partial charge >= 0.3 is 0 Å². The largest absolute Gasteiger partial charge is 0.351 e. The van der Waals surface area contributed by atoms with Crippen LogP contribution in [0.15, 0.2) is 72.9 Å². The van der Waals surface area contributed by atoms with E-state index in [-0.39, 0.29) is 11.8 Å². The highest BCUT2D eigenvalue weighted by atomic mass is 16.2. The van der Waals surface area contributed by atoms with Gasteiger partial charge in [0, 0.05) is 23.7 Å². The molecule has 1 unspecified atom stereocenters. The number of anilines is 1. The fourth-order valence-electron chi connectivity index (χ4n) is 5.25. The van der Waals surface area contributed by atoms with E-state index >= 15 is 0 Å². The van der Waals surface area contributed by atoms with Crippen molar-refractivity contribution in [3.8, 4) is 0 Å². The third-order valence-electron chi connectivity index (χ3n) is 6.99. The number of amides is 2. The molecular weight excluding hydrogens is 424 g/mol. The lowest BCUT2D eigenvalue weighted by Crippen LogP contribution is -2.35. The van der Waals surface area contributed by atoms with E-state index in [1.54, 1.807) is 12.3 Å². The number of fused-ring (bicyclic) bond motifs is 4. The lowest BCUT2D eigenvalue weighted by molar-refractivity contribution is -0.120. The summed E-state index contributed by atoms with van der Waals surface area (Å²) in [5.74, 6) is 0.501. The van der Waals surface area contributed by atoms with Gasteiger partial charge < -0.3 is 10.6 Å². The van der Waals surface area contributed by atoms with Gasteiger partial charge in [0.25, 0.3) is 5.91 Å². The minimum Gasteiger partial charge on any atom is -0.351 e. The fraction of sp³-hybridized carbons (Fsp3) is 0.214. The second-order valence-corrected chi connectivity index (χ2v) is 9.14. The third kappa shape index (κ3) is 3.43. The van der Waals surface area contributed by atoms with Crippen LogP contribution in [0.4, 0.5) is 5.82 Å². The molecule has 2 N–H and O–H groups in total. The number of hydrogen-bond acceptors (Lipinski definition) is 4. The number of rotatable bonds is 5. The number of carbonyl (C=O) groups is 2. The maximum atomic E-state index is 13.0. The summed E-state index contributed by atoms with van der Waals surface area (Å²) in [6.45, 7) is 0.600. The lowest BCUT2D eigenvalue weighted by atomic mass is 9.79. The maximum Gasteiger partial charge on any atom is 0.269 e. The molecule has 1 aliphatic heterocycles. The van der Waals surface area contributed by atoms with Gasteiger partial charge in [0.2, 0.25) is 5.91 Å². The van der Waals surface area contributed by atoms with Crippen molar-refractivity contribution >= 4 is 28.5 Å². The molecule has 3 heterocycles. The van der Waals surface area contributed by atoms with Gasteiger partial charge in [-0.2, -0.15) is 0 Å². The smallest absolute Gasteiger partial charge is 0.269 e. The first-order valence-corrected chi connectivity index (χ1v) is 11.6. The summed E-state index contributed by atoms with van der Waals surface area (Å²) in [5.41, 5.74) is 5.06. The molecule has 0 bridgehead atoms. The van der Waals surface area contributed by atoms with Gasteiger partial charge in [-0.1, -0.05) is 42.5 Å². The van der Waals surface area contributed by atoms with Crippen molar-refractivity contribution in [2.45, 2.75) is 31.1 Å². The summed E-state index contributed by atoms with van der Waals surface area (Å²) in [6, 6.07) is 22.0. The summed E-state index contributed by atoms with van der Waals surface area (Å²) in [4.78, 5) is 34.6. The van der Waals surface area contributed by atoms with Gasteiger partial charge in [-0.25, -0.2) is 9.97 Å². The van der Waals surface area contributed by atoms with Crippen molar-refractivity contribution < 1.29 is 9.59 Å². The van der Waals surface area contributed by atoms with Gasteiger partial charge in [-0.3, -0.25) is 9.59 Å². The topological polar surface area (TPSA) is 84.0 Å². The molecule has 0 fully saturated rings. The van der Waals surface area contributed by atoms with E-state index < -0.39 is 5.41 Å². The molecule has 0 saturated carbocycles. The average Bonchev–Trinajstić information content (AvgIpc) is 3.37. The van der Waals surface area contributed by atoms with E-state index in [1.165, 1.54) is 5.56 Å². The molecule has 0 saturated heterocycles. The van der Waals surface area contributed by atoms with Crippen LogP contribution in [-0.2, 0) is 29.5 Å². The Labute approximate surface area is 197 Å². The van der Waals surface area contributed by atoms with E-state index in [0.717, 1.165) is 40.4 Å². The molecular formula is C28H24N4O2. The number of benzene rings is 2. The minimum absolute atomic E-state index is 0.00462. The summed E-state index contributed by atoms with van der Waals surface area (Å²) in [7, 11) is 0. The molecule has 6 nitrogen and oxygen atoms in total. The van der Waals surface area contributed by atoms with Crippen LogP contribution in [0, 0.1) is 0 Å². The number of pyridine rings is 2. The van der Waals surface area contributed by atoms with Crippen LogP contribution in [0.3, 0.4) is 0 Å². The minimum atomic E-state index is -0.609. The number of hydrogen-bond donors (Lipinski definition) is 2. The van der Waals surface area contributed by atoms with Crippen LogP contribution in [0.25, 0.3) is 10.9 Å². The van der Waals surface area contributed by atoms with Crippen molar-refractivity contribution in [1.29, 1.82) is 0 Å². The van der Waals surface area contributed by atoms with Crippen LogP contribution < -0.4 is 10.6 Å². The van der Waals surface area contributed by atoms with E-state index in [9.17, 15) is 9.59 Å². The van der Waals surface area contributed by atoms with Crippen molar-refractivity contribution in [2.75, 3.05) is 11.9 Å². The van der Waals surface area contributed by atoms with E-state index in [4.69, 9.17) is 0 Å².